The molecule has 2 heterocycles. The molecule has 0 amide bonds. The molecule has 1 saturated heterocycles. The van der Waals surface area contributed by atoms with Gasteiger partial charge in [0.15, 0.2) is 5.78 Å². The van der Waals surface area contributed by atoms with Gasteiger partial charge in [-0.3, -0.25) is 9.59 Å². The molecule has 18 heavy (non-hydrogen) atoms. The second-order valence-electron chi connectivity index (χ2n) is 5.02. The average Bonchev–Trinajstić information content (AvgIpc) is 2.85. The van der Waals surface area contributed by atoms with Crippen LogP contribution in [-0.4, -0.2) is 28.7 Å². The number of anilines is 1. The van der Waals surface area contributed by atoms with Crippen LogP contribution in [-0.2, 0) is 11.3 Å². The Labute approximate surface area is 106 Å². The Kier molecular flexibility index (Phi) is 3.79. The van der Waals surface area contributed by atoms with Gasteiger partial charge in [-0.05, 0) is 12.8 Å². The van der Waals surface area contributed by atoms with Gasteiger partial charge in [0.05, 0.1) is 11.9 Å². The third kappa shape index (κ3) is 2.78. The molecule has 1 aromatic rings. The van der Waals surface area contributed by atoms with Gasteiger partial charge >= 0.3 is 0 Å². The van der Waals surface area contributed by atoms with E-state index in [1.165, 1.54) is 4.68 Å². The minimum Gasteiger partial charge on any atom is -0.370 e. The minimum absolute atomic E-state index is 0.0264. The molecule has 98 valence electrons. The fraction of sp³-hybridized carbons (Fsp3) is 0.615. The largest absolute Gasteiger partial charge is 0.370 e. The summed E-state index contributed by atoms with van der Waals surface area (Å²) in [4.78, 5) is 25.6. The Morgan fingerprint density at radius 2 is 2.06 bits per heavy atom. The Morgan fingerprint density at radius 1 is 1.39 bits per heavy atom. The topological polar surface area (TPSA) is 55.2 Å². The highest BCUT2D eigenvalue weighted by Gasteiger charge is 2.15. The van der Waals surface area contributed by atoms with E-state index in [1.807, 2.05) is 13.8 Å². The number of aromatic nitrogens is 2. The molecular formula is C13H19N3O2. The average molecular weight is 249 g/mol. The standard InChI is InChI=1S/C13H19N3O2/c1-10(2)12(17)9-16-13(18)7-11(8-14-16)15-5-3-4-6-15/h7-8,10H,3-6,9H2,1-2H3. The van der Waals surface area contributed by atoms with Crippen LogP contribution in [0, 0.1) is 5.92 Å². The van der Waals surface area contributed by atoms with Gasteiger partial charge in [-0.2, -0.15) is 5.10 Å². The van der Waals surface area contributed by atoms with Crippen molar-refractivity contribution in [2.45, 2.75) is 33.2 Å². The summed E-state index contributed by atoms with van der Waals surface area (Å²) in [6.45, 7) is 5.68. The zero-order chi connectivity index (χ0) is 13.1. The molecule has 1 aliphatic heterocycles. The first-order valence-electron chi connectivity index (χ1n) is 6.43. The summed E-state index contributed by atoms with van der Waals surface area (Å²) in [5.74, 6) is -0.0459. The number of hydrogen-bond acceptors (Lipinski definition) is 4. The number of hydrogen-bond donors (Lipinski definition) is 0. The molecule has 5 nitrogen and oxygen atoms in total. The van der Waals surface area contributed by atoms with Crippen LogP contribution in [0.15, 0.2) is 17.1 Å². The third-order valence-corrected chi connectivity index (χ3v) is 3.28. The lowest BCUT2D eigenvalue weighted by Crippen LogP contribution is -2.29. The molecule has 0 unspecified atom stereocenters. The van der Waals surface area contributed by atoms with E-state index in [0.717, 1.165) is 31.6 Å². The van der Waals surface area contributed by atoms with Gasteiger partial charge in [0, 0.05) is 25.1 Å². The number of carbonyl (C=O) groups is 1. The lowest BCUT2D eigenvalue weighted by Gasteiger charge is -2.17. The number of Topliss-reactive ketones (excluding diaryl/α,β-unsaturated/α-hetero) is 1. The monoisotopic (exact) mass is 249 g/mol. The van der Waals surface area contributed by atoms with E-state index in [2.05, 4.69) is 10.00 Å². The summed E-state index contributed by atoms with van der Waals surface area (Å²) < 4.78 is 1.24. The first-order valence-corrected chi connectivity index (χ1v) is 6.43. The van der Waals surface area contributed by atoms with Gasteiger partial charge in [-0.15, -0.1) is 0 Å². The van der Waals surface area contributed by atoms with Crippen LogP contribution in [0.5, 0.6) is 0 Å². The Morgan fingerprint density at radius 3 is 2.61 bits per heavy atom. The molecule has 1 aromatic heterocycles. The molecule has 5 heteroatoms. The van der Waals surface area contributed by atoms with Crippen molar-refractivity contribution in [1.82, 2.24) is 9.78 Å². The fourth-order valence-electron chi connectivity index (χ4n) is 2.02. The number of nitrogens with zero attached hydrogens (tertiary/aromatic N) is 3. The lowest BCUT2D eigenvalue weighted by atomic mass is 10.1. The van der Waals surface area contributed by atoms with Crippen molar-refractivity contribution in [3.63, 3.8) is 0 Å². The van der Waals surface area contributed by atoms with Gasteiger partial charge in [0.1, 0.15) is 6.54 Å². The van der Waals surface area contributed by atoms with Crippen LogP contribution in [0.4, 0.5) is 5.69 Å². The molecule has 0 bridgehead atoms. The van der Waals surface area contributed by atoms with Crippen molar-refractivity contribution in [3.8, 4) is 0 Å². The van der Waals surface area contributed by atoms with Crippen molar-refractivity contribution in [2.24, 2.45) is 5.92 Å². The van der Waals surface area contributed by atoms with Gasteiger partial charge < -0.3 is 4.90 Å². The highest BCUT2D eigenvalue weighted by molar-refractivity contribution is 5.79. The van der Waals surface area contributed by atoms with Crippen molar-refractivity contribution < 1.29 is 4.79 Å². The fourth-order valence-corrected chi connectivity index (χ4v) is 2.02. The second-order valence-corrected chi connectivity index (χ2v) is 5.02. The summed E-state index contributed by atoms with van der Waals surface area (Å²) in [5.41, 5.74) is 0.666. The van der Waals surface area contributed by atoms with E-state index >= 15 is 0 Å². The molecule has 1 aliphatic rings. The van der Waals surface area contributed by atoms with E-state index in [-0.39, 0.29) is 23.8 Å². The van der Waals surface area contributed by atoms with Crippen molar-refractivity contribution >= 4 is 11.5 Å². The molecule has 0 saturated carbocycles. The Hall–Kier alpha value is -1.65. The maximum Gasteiger partial charge on any atom is 0.269 e. The first kappa shape index (κ1) is 12.8. The summed E-state index contributed by atoms with van der Waals surface area (Å²) >= 11 is 0. The summed E-state index contributed by atoms with van der Waals surface area (Å²) in [7, 11) is 0. The molecule has 0 atom stereocenters. The summed E-state index contributed by atoms with van der Waals surface area (Å²) in [6.07, 6.45) is 4.00. The zero-order valence-corrected chi connectivity index (χ0v) is 10.9. The molecule has 0 aliphatic carbocycles. The predicted molar refractivity (Wildman–Crippen MR) is 69.8 cm³/mol. The molecule has 0 N–H and O–H groups in total. The van der Waals surface area contributed by atoms with Crippen molar-refractivity contribution in [3.05, 3.63) is 22.6 Å². The van der Waals surface area contributed by atoms with Crippen LogP contribution in [0.3, 0.4) is 0 Å². The maximum atomic E-state index is 11.9. The van der Waals surface area contributed by atoms with Crippen LogP contribution in [0.25, 0.3) is 0 Å². The van der Waals surface area contributed by atoms with Crippen LogP contribution >= 0.6 is 0 Å². The number of rotatable bonds is 4. The molecule has 1 fully saturated rings. The van der Waals surface area contributed by atoms with E-state index in [4.69, 9.17) is 0 Å². The Bertz CT molecular complexity index is 487. The smallest absolute Gasteiger partial charge is 0.269 e. The SMILES string of the molecule is CC(C)C(=O)Cn1ncc(N2CCCC2)cc1=O. The quantitative estimate of drug-likeness (QED) is 0.801. The predicted octanol–water partition coefficient (Wildman–Crippen LogP) is 1.07. The summed E-state index contributed by atoms with van der Waals surface area (Å²) in [5, 5.41) is 4.09. The zero-order valence-electron chi connectivity index (χ0n) is 10.9. The van der Waals surface area contributed by atoms with Gasteiger partial charge in [0.25, 0.3) is 5.56 Å². The molecule has 0 spiro atoms. The van der Waals surface area contributed by atoms with E-state index in [9.17, 15) is 9.59 Å². The highest BCUT2D eigenvalue weighted by Crippen LogP contribution is 2.16. The lowest BCUT2D eigenvalue weighted by molar-refractivity contribution is -0.122. The highest BCUT2D eigenvalue weighted by atomic mass is 16.1. The molecular weight excluding hydrogens is 230 g/mol. The first-order chi connectivity index (χ1) is 8.58. The van der Waals surface area contributed by atoms with Crippen molar-refractivity contribution in [1.29, 1.82) is 0 Å². The third-order valence-electron chi connectivity index (χ3n) is 3.28. The van der Waals surface area contributed by atoms with E-state index in [0.29, 0.717) is 0 Å². The molecule has 0 aromatic carbocycles. The summed E-state index contributed by atoms with van der Waals surface area (Å²) in [6, 6.07) is 1.58. The number of ketones is 1. The number of carbonyl (C=O) groups excluding carboxylic acids is 1. The van der Waals surface area contributed by atoms with Crippen LogP contribution in [0.1, 0.15) is 26.7 Å². The van der Waals surface area contributed by atoms with E-state index in [1.54, 1.807) is 12.3 Å². The Balaban J connectivity index is 2.15. The molecule has 2 rings (SSSR count). The minimum atomic E-state index is -0.201. The van der Waals surface area contributed by atoms with Crippen molar-refractivity contribution in [2.75, 3.05) is 18.0 Å². The normalized spacial score (nSPS) is 15.4. The van der Waals surface area contributed by atoms with Crippen LogP contribution in [0.2, 0.25) is 0 Å². The van der Waals surface area contributed by atoms with Gasteiger partial charge in [-0.1, -0.05) is 13.8 Å². The van der Waals surface area contributed by atoms with Gasteiger partial charge in [0.2, 0.25) is 0 Å². The van der Waals surface area contributed by atoms with E-state index < -0.39 is 0 Å². The van der Waals surface area contributed by atoms with Crippen LogP contribution < -0.4 is 10.5 Å². The second kappa shape index (κ2) is 5.33. The van der Waals surface area contributed by atoms with Gasteiger partial charge in [-0.25, -0.2) is 4.68 Å². The maximum absolute atomic E-state index is 11.9. The molecule has 0 radical (unpaired) electrons.